The van der Waals surface area contributed by atoms with E-state index in [2.05, 4.69) is 93.3 Å². The highest BCUT2D eigenvalue weighted by atomic mass is 79.9. The van der Waals surface area contributed by atoms with Gasteiger partial charge in [0.25, 0.3) is 45.9 Å². The third-order valence-corrected chi connectivity index (χ3v) is 20.4. The number of nitrogens with zero attached hydrogens (tertiary/aromatic N) is 9. The van der Waals surface area contributed by atoms with E-state index in [1.165, 1.54) is 56.9 Å². The van der Waals surface area contributed by atoms with Gasteiger partial charge in [-0.3, -0.25) is 56.9 Å². The molecule has 7 aromatic rings. The van der Waals surface area contributed by atoms with Gasteiger partial charge in [0.1, 0.15) is 93.4 Å². The zero-order valence-electron chi connectivity index (χ0n) is 50.8. The third-order valence-electron chi connectivity index (χ3n) is 18.1. The summed E-state index contributed by atoms with van der Waals surface area (Å²) in [7, 11) is 0. The molecule has 3 aliphatic heterocycles. The highest BCUT2D eigenvalue weighted by molar-refractivity contribution is 9.10. The second kappa shape index (κ2) is 25.5. The van der Waals surface area contributed by atoms with Crippen molar-refractivity contribution in [3.63, 3.8) is 0 Å². The average molecular weight is 1470 g/mol. The second-order valence-electron chi connectivity index (χ2n) is 25.1. The maximum absolute atomic E-state index is 13.1. The molecule has 92 heavy (non-hydrogen) atoms. The van der Waals surface area contributed by atoms with E-state index in [1.54, 1.807) is 36.8 Å². The smallest absolute Gasteiger partial charge is 0.276 e. The Hall–Kier alpha value is -7.89. The largest absolute Gasteiger partial charge is 0.384 e. The van der Waals surface area contributed by atoms with Crippen molar-refractivity contribution in [1.29, 1.82) is 0 Å². The number of nitrogens with one attached hydrogen (secondary N) is 6. The Labute approximate surface area is 562 Å². The molecule has 3 spiro atoms. The topological polar surface area (TPSA) is 374 Å². The number of hydrogen-bond donors (Lipinski definition) is 8. The van der Waals surface area contributed by atoms with Crippen LogP contribution >= 0.6 is 78.3 Å². The highest BCUT2D eigenvalue weighted by Crippen LogP contribution is 2.57. The number of anilines is 5. The molecule has 14 rings (SSSR count). The van der Waals surface area contributed by atoms with Gasteiger partial charge in [0, 0.05) is 46.7 Å². The molecule has 4 saturated carbocycles. The van der Waals surface area contributed by atoms with Gasteiger partial charge in [-0.25, -0.2) is 29.9 Å². The predicted octanol–water partition coefficient (Wildman–Crippen LogP) is 9.31. The Morgan fingerprint density at radius 1 is 0.522 bits per heavy atom. The van der Waals surface area contributed by atoms with Crippen LogP contribution in [0.1, 0.15) is 149 Å². The van der Waals surface area contributed by atoms with E-state index in [-0.39, 0.29) is 110 Å². The molecule has 4 aliphatic carbocycles. The van der Waals surface area contributed by atoms with Crippen molar-refractivity contribution in [2.45, 2.75) is 124 Å². The Morgan fingerprint density at radius 3 is 1.17 bits per heavy atom. The molecule has 10 heterocycles. The number of amides is 4. The van der Waals surface area contributed by atoms with Crippen LogP contribution in [-0.4, -0.2) is 78.0 Å². The van der Waals surface area contributed by atoms with Gasteiger partial charge < -0.3 is 43.0 Å². The minimum atomic E-state index is -0.760. The lowest BCUT2D eigenvalue weighted by molar-refractivity contribution is -0.135. The van der Waals surface area contributed by atoms with E-state index in [0.29, 0.717) is 45.6 Å². The monoisotopic (exact) mass is 1460 g/mol. The Kier molecular flexibility index (Phi) is 19.0. The zero-order valence-corrected chi connectivity index (χ0v) is 57.0. The van der Waals surface area contributed by atoms with Gasteiger partial charge in [-0.05, 0) is 119 Å². The lowest BCUT2D eigenvalue weighted by atomic mass is 9.62. The number of H-pyrrole nitrogens is 1. The lowest BCUT2D eigenvalue weighted by Crippen LogP contribution is -2.63. The van der Waals surface area contributed by atoms with Crippen molar-refractivity contribution in [2.75, 3.05) is 16.4 Å². The standard InChI is InChI=1S/2C16H16ClN5O2.C12H12BrClN2O2.C6H4BrClN2O2.C6H10O.C4H5N3/c2*1-15(2)4-5-16(15)21-13(23)12-9(17)7-10(14(24)22(12)16)20-11-3-6-18-8-19-11;1-11(2)3-4-12(11)15-9(17)8-7(14)5-6(13)10(18)16(8)12;7-2-1-3(8)4(5(9)11)10-6(2)12;1-6(2)4-3-5(6)7;5-4-1-2-6-3-7-4/h2*3,6-8H,4-5H2,1-2H3,(H,21,23)(H,18,19,20);5H,3-4H2,1-2H3,(H,15,17);1H,(H2,9,11)(H,10,12);3-4H2,1-2H3;1-3H,(H2,5,6,7). The number of nitrogens with two attached hydrogens (primary N) is 2. The number of hydrogen-bond acceptors (Lipinski definition) is 18. The molecule has 7 aliphatic rings. The summed E-state index contributed by atoms with van der Waals surface area (Å²) in [6, 6.07) is 10.7. The Balaban J connectivity index is 0.000000138. The summed E-state index contributed by atoms with van der Waals surface area (Å²) in [6.07, 6.45) is 15.8. The summed E-state index contributed by atoms with van der Waals surface area (Å²) in [6.45, 7) is 16.2. The van der Waals surface area contributed by atoms with Crippen molar-refractivity contribution < 1.29 is 24.0 Å². The molecule has 4 amide bonds. The van der Waals surface area contributed by atoms with Gasteiger partial charge in [0.05, 0.1) is 29.0 Å². The van der Waals surface area contributed by atoms with E-state index in [0.717, 1.165) is 38.5 Å². The lowest BCUT2D eigenvalue weighted by Gasteiger charge is -2.54. The first kappa shape index (κ1) is 68.5. The fraction of sp³-hybridized carbons (Fsp3) is 0.383. The number of fused-ring (bicyclic) bond motifs is 6. The van der Waals surface area contributed by atoms with E-state index >= 15 is 0 Å². The van der Waals surface area contributed by atoms with E-state index < -0.39 is 28.5 Å². The van der Waals surface area contributed by atoms with Crippen LogP contribution in [0.2, 0.25) is 20.1 Å². The van der Waals surface area contributed by atoms with Crippen molar-refractivity contribution in [3.8, 4) is 0 Å². The van der Waals surface area contributed by atoms with E-state index in [9.17, 15) is 43.2 Å². The van der Waals surface area contributed by atoms with Crippen LogP contribution in [-0.2, 0) is 21.8 Å². The Morgan fingerprint density at radius 2 is 0.891 bits per heavy atom. The molecule has 3 atom stereocenters. The van der Waals surface area contributed by atoms with Crippen molar-refractivity contribution >= 4 is 137 Å². The van der Waals surface area contributed by atoms with E-state index in [4.69, 9.17) is 57.9 Å². The first-order chi connectivity index (χ1) is 43.1. The van der Waals surface area contributed by atoms with Crippen molar-refractivity contribution in [1.82, 2.24) is 64.5 Å². The SMILES string of the molecule is CC1(C)CCC12NC(=O)c1c(Cl)cc(Br)c(=O)n12.CC1(C)CCC12NC(=O)c1c(Cl)cc(Nc3ccncn3)c(=O)n12.CC1(C)CCC12NC(=O)c1c(Cl)cc(Nc3ccncn3)c(=O)n12.CC1(C)CCC1=O.NC(=O)c1[nH]c(=O)c(Br)cc1Cl.Nc1ccncn1. The first-order valence-corrected chi connectivity index (χ1v) is 31.7. The molecule has 3 unspecified atom stereocenters. The molecule has 484 valence electrons. The molecule has 4 fully saturated rings. The van der Waals surface area contributed by atoms with Crippen LogP contribution in [0.25, 0.3) is 0 Å². The molecule has 26 nitrogen and oxygen atoms in total. The molecule has 7 aromatic heterocycles. The summed E-state index contributed by atoms with van der Waals surface area (Å²) in [4.78, 5) is 133. The summed E-state index contributed by atoms with van der Waals surface area (Å²) in [5, 5.41) is 15.7. The van der Waals surface area contributed by atoms with Crippen molar-refractivity contribution in [2.24, 2.45) is 27.4 Å². The molecule has 0 bridgehead atoms. The van der Waals surface area contributed by atoms with Gasteiger partial charge in [-0.2, -0.15) is 0 Å². The number of Topliss-reactive ketones (excluding diaryl/α,β-unsaturated/α-hetero) is 1. The van der Waals surface area contributed by atoms with Crippen LogP contribution in [0, 0.1) is 21.7 Å². The quantitative estimate of drug-likeness (QED) is 0.0795. The summed E-state index contributed by atoms with van der Waals surface area (Å²) in [5.41, 5.74) is 7.48. The maximum Gasteiger partial charge on any atom is 0.276 e. The number of primary amides is 1. The number of aromatic amines is 1. The highest BCUT2D eigenvalue weighted by Gasteiger charge is 2.63. The minimum Gasteiger partial charge on any atom is -0.384 e. The average Bonchev–Trinajstić information content (AvgIpc) is 1.52. The fourth-order valence-corrected chi connectivity index (χ4v) is 13.8. The van der Waals surface area contributed by atoms with Gasteiger partial charge in [-0.1, -0.05) is 102 Å². The van der Waals surface area contributed by atoms with Gasteiger partial charge in [0.2, 0.25) is 0 Å². The van der Waals surface area contributed by atoms with Crippen LogP contribution in [0.5, 0.6) is 0 Å². The molecule has 0 aromatic carbocycles. The van der Waals surface area contributed by atoms with Gasteiger partial charge >= 0.3 is 0 Å². The number of ketones is 1. The molecule has 10 N–H and O–H groups in total. The fourth-order valence-electron chi connectivity index (χ4n) is 11.8. The second-order valence-corrected chi connectivity index (χ2v) is 28.5. The number of carbonyl (C=O) groups is 5. The zero-order chi connectivity index (χ0) is 67.4. The minimum absolute atomic E-state index is 0.0417. The van der Waals surface area contributed by atoms with Crippen LogP contribution in [0.4, 0.5) is 28.8 Å². The van der Waals surface area contributed by atoms with Gasteiger partial charge in [0.15, 0.2) is 0 Å². The van der Waals surface area contributed by atoms with Crippen LogP contribution in [0.3, 0.4) is 0 Å². The number of carbonyl (C=O) groups excluding carboxylic acids is 5. The maximum atomic E-state index is 13.1. The van der Waals surface area contributed by atoms with Crippen molar-refractivity contribution in [3.05, 3.63) is 173 Å². The first-order valence-electron chi connectivity index (χ1n) is 28.6. The summed E-state index contributed by atoms with van der Waals surface area (Å²) in [5.74, 6) is 0.261. The molecule has 0 radical (unpaired) electrons. The normalized spacial score (nSPS) is 21.7. The number of aromatic nitrogens is 10. The molecule has 0 saturated heterocycles. The van der Waals surface area contributed by atoms with Crippen LogP contribution in [0.15, 0.2) is 108 Å². The van der Waals surface area contributed by atoms with Gasteiger partial charge in [-0.15, -0.1) is 0 Å². The molecular formula is C60H63Br2Cl4N17O9. The molecule has 32 heteroatoms. The number of pyridine rings is 4. The summed E-state index contributed by atoms with van der Waals surface area (Å²) < 4.78 is 5.22. The van der Waals surface area contributed by atoms with E-state index in [1.807, 2.05) is 55.4 Å². The number of halogens is 6. The van der Waals surface area contributed by atoms with Crippen LogP contribution < -0.4 is 60.3 Å². The Bertz CT molecular complexity index is 4250. The summed E-state index contributed by atoms with van der Waals surface area (Å²) >= 11 is 30.5. The predicted molar refractivity (Wildman–Crippen MR) is 354 cm³/mol. The third kappa shape index (κ3) is 12.4. The number of nitrogen functional groups attached to an aromatic ring is 1. The number of rotatable bonds is 5. The molecular weight excluding hydrogens is 1400 g/mol.